The molecule has 0 radical (unpaired) electrons. The number of hydrogen-bond acceptors (Lipinski definition) is 4. The highest BCUT2D eigenvalue weighted by Gasteiger charge is 2.36. The summed E-state index contributed by atoms with van der Waals surface area (Å²) >= 11 is 7.64. The van der Waals surface area contributed by atoms with E-state index in [1.54, 1.807) is 6.08 Å². The molecule has 0 bridgehead atoms. The zero-order valence-corrected chi connectivity index (χ0v) is 19.8. The number of fused-ring (bicyclic) bond motifs is 1. The van der Waals surface area contributed by atoms with E-state index in [4.69, 9.17) is 17.0 Å². The SMILES string of the molecule is Cc1c(Cl)cccc1-n1c(C)cc(/C=C2/C(=N)N3N=C(c4ccccc4)SC3=NC2=O)c1C. The number of hydrogen-bond donors (Lipinski definition) is 1. The van der Waals surface area contributed by atoms with Crippen molar-refractivity contribution in [1.29, 1.82) is 5.41 Å². The summed E-state index contributed by atoms with van der Waals surface area (Å²) in [6, 6.07) is 17.5. The fraction of sp³-hybridized carbons (Fsp3) is 0.120. The van der Waals surface area contributed by atoms with Gasteiger partial charge in [0.15, 0.2) is 5.84 Å². The van der Waals surface area contributed by atoms with E-state index in [0.717, 1.165) is 33.8 Å². The van der Waals surface area contributed by atoms with Crippen LogP contribution in [0.3, 0.4) is 0 Å². The summed E-state index contributed by atoms with van der Waals surface area (Å²) in [5.41, 5.74) is 5.90. The molecule has 1 N–H and O–H groups in total. The van der Waals surface area contributed by atoms with Crippen LogP contribution in [0.5, 0.6) is 0 Å². The summed E-state index contributed by atoms with van der Waals surface area (Å²) in [4.78, 5) is 17.1. The first-order chi connectivity index (χ1) is 15.8. The second-order valence-electron chi connectivity index (χ2n) is 7.84. The van der Waals surface area contributed by atoms with Crippen LogP contribution in [0.4, 0.5) is 0 Å². The van der Waals surface area contributed by atoms with Crippen molar-refractivity contribution in [3.8, 4) is 5.69 Å². The smallest absolute Gasteiger partial charge is 0.283 e. The van der Waals surface area contributed by atoms with Crippen LogP contribution in [0.1, 0.15) is 28.1 Å². The van der Waals surface area contributed by atoms with Crippen molar-refractivity contribution >= 4 is 51.4 Å². The highest BCUT2D eigenvalue weighted by atomic mass is 35.5. The van der Waals surface area contributed by atoms with Crippen LogP contribution < -0.4 is 0 Å². The van der Waals surface area contributed by atoms with Crippen LogP contribution in [0.2, 0.25) is 5.02 Å². The van der Waals surface area contributed by atoms with Gasteiger partial charge in [0.1, 0.15) is 5.04 Å². The Balaban J connectivity index is 1.54. The van der Waals surface area contributed by atoms with Gasteiger partial charge in [-0.25, -0.2) is 0 Å². The van der Waals surface area contributed by atoms with E-state index in [0.29, 0.717) is 15.2 Å². The molecule has 0 spiro atoms. The van der Waals surface area contributed by atoms with Crippen molar-refractivity contribution in [2.24, 2.45) is 10.1 Å². The molecule has 1 amide bonds. The number of aliphatic imine (C=N–C) groups is 1. The van der Waals surface area contributed by atoms with Gasteiger partial charge in [-0.3, -0.25) is 10.2 Å². The number of amides is 1. The van der Waals surface area contributed by atoms with Crippen molar-refractivity contribution in [3.63, 3.8) is 0 Å². The number of benzene rings is 2. The Morgan fingerprint density at radius 1 is 1.06 bits per heavy atom. The molecule has 2 aromatic carbocycles. The van der Waals surface area contributed by atoms with E-state index in [1.807, 2.05) is 75.4 Å². The molecule has 1 aromatic heterocycles. The first-order valence-electron chi connectivity index (χ1n) is 10.3. The van der Waals surface area contributed by atoms with Gasteiger partial charge in [-0.1, -0.05) is 48.0 Å². The largest absolute Gasteiger partial charge is 0.318 e. The highest BCUT2D eigenvalue weighted by Crippen LogP contribution is 2.32. The molecule has 0 atom stereocenters. The number of hydrazone groups is 1. The maximum atomic E-state index is 12.9. The summed E-state index contributed by atoms with van der Waals surface area (Å²) in [6.07, 6.45) is 1.73. The summed E-state index contributed by atoms with van der Waals surface area (Å²) in [6.45, 7) is 5.98. The second-order valence-corrected chi connectivity index (χ2v) is 9.20. The quantitative estimate of drug-likeness (QED) is 0.494. The summed E-state index contributed by atoms with van der Waals surface area (Å²) in [5.74, 6) is -0.417. The molecule has 0 fully saturated rings. The van der Waals surface area contributed by atoms with Crippen LogP contribution in [0.25, 0.3) is 11.8 Å². The zero-order chi connectivity index (χ0) is 23.3. The van der Waals surface area contributed by atoms with E-state index >= 15 is 0 Å². The number of carbonyl (C=O) groups excluding carboxylic acids is 1. The molecule has 6 nitrogen and oxygen atoms in total. The minimum absolute atomic E-state index is 0.0205. The average molecular weight is 474 g/mol. The van der Waals surface area contributed by atoms with Crippen LogP contribution in [-0.4, -0.2) is 31.5 Å². The van der Waals surface area contributed by atoms with Gasteiger partial charge >= 0.3 is 0 Å². The van der Waals surface area contributed by atoms with E-state index < -0.39 is 5.91 Å². The van der Waals surface area contributed by atoms with E-state index in [1.165, 1.54) is 16.8 Å². The molecule has 5 rings (SSSR count). The molecule has 3 aromatic rings. The fourth-order valence-corrected chi connectivity index (χ4v) is 5.05. The average Bonchev–Trinajstić information content (AvgIpc) is 3.34. The monoisotopic (exact) mass is 473 g/mol. The van der Waals surface area contributed by atoms with Gasteiger partial charge in [-0.05, 0) is 67.9 Å². The number of amidine groups is 2. The Morgan fingerprint density at radius 2 is 1.82 bits per heavy atom. The minimum atomic E-state index is -0.438. The lowest BCUT2D eigenvalue weighted by Gasteiger charge is -2.20. The normalized spacial score (nSPS) is 16.8. The van der Waals surface area contributed by atoms with Gasteiger partial charge in [0.2, 0.25) is 5.17 Å². The molecule has 164 valence electrons. The number of nitrogens with zero attached hydrogens (tertiary/aromatic N) is 4. The molecular weight excluding hydrogens is 454 g/mol. The number of thioether (sulfide) groups is 1. The van der Waals surface area contributed by atoms with Crippen LogP contribution in [0.15, 0.2) is 70.3 Å². The molecule has 2 aliphatic rings. The summed E-state index contributed by atoms with van der Waals surface area (Å²) in [7, 11) is 0. The molecule has 8 heteroatoms. The number of nitrogens with one attached hydrogen (secondary N) is 1. The number of rotatable bonds is 3. The van der Waals surface area contributed by atoms with Gasteiger partial charge in [-0.2, -0.15) is 15.1 Å². The summed E-state index contributed by atoms with van der Waals surface area (Å²) in [5, 5.41) is 16.5. The number of aryl methyl sites for hydroxylation is 1. The Hall–Kier alpha value is -3.42. The van der Waals surface area contributed by atoms with E-state index in [9.17, 15) is 4.79 Å². The first-order valence-corrected chi connectivity index (χ1v) is 11.5. The Kier molecular flexibility index (Phi) is 5.31. The molecule has 33 heavy (non-hydrogen) atoms. The molecular formula is C25H20ClN5OS. The van der Waals surface area contributed by atoms with Gasteiger partial charge in [-0.15, -0.1) is 0 Å². The van der Waals surface area contributed by atoms with Crippen molar-refractivity contribution < 1.29 is 4.79 Å². The maximum absolute atomic E-state index is 12.9. The second kappa shape index (κ2) is 8.17. The zero-order valence-electron chi connectivity index (χ0n) is 18.3. The predicted octanol–water partition coefficient (Wildman–Crippen LogP) is 5.72. The Bertz CT molecular complexity index is 1420. The molecule has 0 aliphatic carbocycles. The number of aromatic nitrogens is 1. The lowest BCUT2D eigenvalue weighted by atomic mass is 10.1. The third-order valence-electron chi connectivity index (χ3n) is 5.73. The van der Waals surface area contributed by atoms with Crippen molar-refractivity contribution in [2.75, 3.05) is 0 Å². The van der Waals surface area contributed by atoms with Crippen molar-refractivity contribution in [2.45, 2.75) is 20.8 Å². The lowest BCUT2D eigenvalue weighted by Crippen LogP contribution is -2.35. The number of carbonyl (C=O) groups is 1. The van der Waals surface area contributed by atoms with Crippen LogP contribution >= 0.6 is 23.4 Å². The minimum Gasteiger partial charge on any atom is -0.318 e. The fourth-order valence-electron chi connectivity index (χ4n) is 3.99. The van der Waals surface area contributed by atoms with Crippen molar-refractivity contribution in [1.82, 2.24) is 9.58 Å². The summed E-state index contributed by atoms with van der Waals surface area (Å²) < 4.78 is 2.11. The molecule has 0 saturated heterocycles. The first kappa shape index (κ1) is 21.4. The third-order valence-corrected chi connectivity index (χ3v) is 7.09. The topological polar surface area (TPSA) is 73.8 Å². The van der Waals surface area contributed by atoms with Crippen molar-refractivity contribution in [3.05, 3.63) is 93.3 Å². The molecule has 3 heterocycles. The molecule has 0 unspecified atom stereocenters. The Labute approximate surface area is 200 Å². The van der Waals surface area contributed by atoms with E-state index in [-0.39, 0.29) is 11.4 Å². The van der Waals surface area contributed by atoms with Gasteiger partial charge in [0, 0.05) is 27.7 Å². The van der Waals surface area contributed by atoms with Crippen LogP contribution in [0, 0.1) is 26.2 Å². The standard InChI is InChI=1S/C25H20ClN5OS/c1-14-12-18(16(3)30(14)21-11-7-10-20(26)15(21)2)13-19-22(27)31-25(28-23(19)32)33-24(29-31)17-8-5-4-6-9-17/h4-13,27H,1-3H3/b19-13-,27-22?. The predicted molar refractivity (Wildman–Crippen MR) is 136 cm³/mol. The van der Waals surface area contributed by atoms with Gasteiger partial charge in [0.25, 0.3) is 5.91 Å². The maximum Gasteiger partial charge on any atom is 0.283 e. The van der Waals surface area contributed by atoms with Crippen LogP contribution in [-0.2, 0) is 4.79 Å². The van der Waals surface area contributed by atoms with Gasteiger partial charge in [0.05, 0.1) is 5.57 Å². The highest BCUT2D eigenvalue weighted by molar-refractivity contribution is 8.27. The number of halogens is 1. The van der Waals surface area contributed by atoms with E-state index in [2.05, 4.69) is 14.7 Å². The molecule has 0 saturated carbocycles. The third kappa shape index (κ3) is 3.63. The lowest BCUT2D eigenvalue weighted by molar-refractivity contribution is -0.114. The Morgan fingerprint density at radius 3 is 2.58 bits per heavy atom. The van der Waals surface area contributed by atoms with Gasteiger partial charge < -0.3 is 4.57 Å². The molecule has 2 aliphatic heterocycles.